The fraction of sp³-hybridized carbons (Fsp3) is 0.667. The normalized spacial score (nSPS) is 8.64. The highest BCUT2D eigenvalue weighted by Gasteiger charge is 1.81. The number of hydrogen-bond acceptors (Lipinski definition) is 1. The lowest BCUT2D eigenvalue weighted by molar-refractivity contribution is 0.678. The Labute approximate surface area is 69.3 Å². The van der Waals surface area contributed by atoms with Gasteiger partial charge in [0, 0.05) is 18.9 Å². The summed E-state index contributed by atoms with van der Waals surface area (Å²) in [7, 11) is 0. The number of aromatic nitrogens is 2. The van der Waals surface area contributed by atoms with Gasteiger partial charge in [-0.25, -0.2) is 4.98 Å². The Kier molecular flexibility index (Phi) is 6.79. The van der Waals surface area contributed by atoms with Crippen molar-refractivity contribution in [1.82, 2.24) is 9.55 Å². The van der Waals surface area contributed by atoms with Crippen LogP contribution in [0, 0.1) is 0 Å². The maximum atomic E-state index is 3.90. The lowest BCUT2D eigenvalue weighted by Gasteiger charge is -1.93. The van der Waals surface area contributed by atoms with Crippen molar-refractivity contribution in [2.75, 3.05) is 0 Å². The predicted octanol–water partition coefficient (Wildman–Crippen LogP) is 2.71. The quantitative estimate of drug-likeness (QED) is 0.640. The molecule has 2 nitrogen and oxygen atoms in total. The van der Waals surface area contributed by atoms with E-state index in [0.29, 0.717) is 0 Å². The number of aryl methyl sites for hydroxylation is 1. The summed E-state index contributed by atoms with van der Waals surface area (Å²) in [6.45, 7) is 7.49. The van der Waals surface area contributed by atoms with Crippen LogP contribution in [0.2, 0.25) is 0 Å². The largest absolute Gasteiger partial charge is 0.338 e. The minimum Gasteiger partial charge on any atom is -0.338 e. The molecule has 1 aromatic heterocycles. The Bertz CT molecular complexity index is 145. The van der Waals surface area contributed by atoms with E-state index >= 15 is 0 Å². The second-order valence-corrected chi connectivity index (χ2v) is 2.51. The molecule has 1 rings (SSSR count). The van der Waals surface area contributed by atoms with Gasteiger partial charge in [-0.15, -0.1) is 0 Å². The van der Waals surface area contributed by atoms with Gasteiger partial charge in [0.1, 0.15) is 0 Å². The van der Waals surface area contributed by atoms with Crippen LogP contribution < -0.4 is 0 Å². The topological polar surface area (TPSA) is 17.8 Å². The molecule has 0 N–H and O–H groups in total. The second-order valence-electron chi connectivity index (χ2n) is 2.51. The maximum Gasteiger partial charge on any atom is 0.0945 e. The molecule has 1 heterocycles. The average Bonchev–Trinajstić information content (AvgIpc) is 2.42. The Hall–Kier alpha value is -0.790. The van der Waals surface area contributed by atoms with Gasteiger partial charge in [-0.05, 0) is 6.42 Å². The van der Waals surface area contributed by atoms with Crippen LogP contribution in [-0.2, 0) is 6.54 Å². The van der Waals surface area contributed by atoms with Crippen molar-refractivity contribution in [2.24, 2.45) is 0 Å². The Balaban J connectivity index is 0.000000292. The molecule has 2 heteroatoms. The van der Waals surface area contributed by atoms with Crippen LogP contribution in [-0.4, -0.2) is 9.55 Å². The summed E-state index contributed by atoms with van der Waals surface area (Å²) in [5.41, 5.74) is 0. The molecule has 1 aromatic rings. The highest BCUT2D eigenvalue weighted by Crippen LogP contribution is 1.87. The van der Waals surface area contributed by atoms with Crippen LogP contribution in [0.5, 0.6) is 0 Å². The zero-order valence-electron chi connectivity index (χ0n) is 7.75. The minimum absolute atomic E-state index is 1.08. The number of imidazole rings is 1. The van der Waals surface area contributed by atoms with Gasteiger partial charge in [-0.1, -0.05) is 27.2 Å². The van der Waals surface area contributed by atoms with Gasteiger partial charge in [0.05, 0.1) is 6.33 Å². The monoisotopic (exact) mass is 154 g/mol. The van der Waals surface area contributed by atoms with Gasteiger partial charge < -0.3 is 4.57 Å². The minimum atomic E-state index is 1.08. The molecule has 0 fully saturated rings. The number of nitrogens with zero attached hydrogens (tertiary/aromatic N) is 2. The van der Waals surface area contributed by atoms with E-state index in [1.807, 2.05) is 12.5 Å². The molecule has 0 aliphatic heterocycles. The molecule has 0 amide bonds. The Morgan fingerprint density at radius 1 is 1.27 bits per heavy atom. The molecule has 0 saturated carbocycles. The SMILES string of the molecule is CCC.CCCn1ccnc1. The van der Waals surface area contributed by atoms with E-state index in [0.717, 1.165) is 6.54 Å². The van der Waals surface area contributed by atoms with Crippen molar-refractivity contribution >= 4 is 0 Å². The van der Waals surface area contributed by atoms with Crippen LogP contribution in [0.3, 0.4) is 0 Å². The van der Waals surface area contributed by atoms with Gasteiger partial charge in [0.2, 0.25) is 0 Å². The van der Waals surface area contributed by atoms with Crippen molar-refractivity contribution in [1.29, 1.82) is 0 Å². The molecule has 0 bridgehead atoms. The molecule has 0 aromatic carbocycles. The first-order valence-corrected chi connectivity index (χ1v) is 4.30. The summed E-state index contributed by atoms with van der Waals surface area (Å²) < 4.78 is 2.07. The molecular weight excluding hydrogens is 136 g/mol. The first kappa shape index (κ1) is 10.2. The summed E-state index contributed by atoms with van der Waals surface area (Å²) in [5, 5.41) is 0. The average molecular weight is 154 g/mol. The molecule has 0 aliphatic carbocycles. The lowest BCUT2D eigenvalue weighted by Crippen LogP contribution is -1.90. The highest BCUT2D eigenvalue weighted by atomic mass is 15.0. The van der Waals surface area contributed by atoms with Crippen molar-refractivity contribution in [3.63, 3.8) is 0 Å². The zero-order chi connectivity index (χ0) is 8.53. The molecule has 0 aliphatic rings. The summed E-state index contributed by atoms with van der Waals surface area (Å²) >= 11 is 0. The van der Waals surface area contributed by atoms with Gasteiger partial charge in [0.25, 0.3) is 0 Å². The molecular formula is C9H18N2. The standard InChI is InChI=1S/C6H10N2.C3H8/c1-2-4-8-5-3-7-6-8;1-3-2/h3,5-6H,2,4H2,1H3;3H2,1-2H3. The fourth-order valence-corrected chi connectivity index (χ4v) is 0.677. The van der Waals surface area contributed by atoms with E-state index in [4.69, 9.17) is 0 Å². The van der Waals surface area contributed by atoms with Crippen LogP contribution >= 0.6 is 0 Å². The van der Waals surface area contributed by atoms with E-state index in [2.05, 4.69) is 30.3 Å². The van der Waals surface area contributed by atoms with E-state index in [1.54, 1.807) is 6.20 Å². The van der Waals surface area contributed by atoms with Crippen molar-refractivity contribution in [3.8, 4) is 0 Å². The number of rotatable bonds is 2. The molecule has 11 heavy (non-hydrogen) atoms. The van der Waals surface area contributed by atoms with E-state index in [1.165, 1.54) is 12.8 Å². The van der Waals surface area contributed by atoms with Crippen LogP contribution in [0.1, 0.15) is 33.6 Å². The van der Waals surface area contributed by atoms with E-state index in [9.17, 15) is 0 Å². The van der Waals surface area contributed by atoms with Gasteiger partial charge >= 0.3 is 0 Å². The summed E-state index contributed by atoms with van der Waals surface area (Å²) in [6.07, 6.45) is 8.04. The van der Waals surface area contributed by atoms with Crippen molar-refractivity contribution < 1.29 is 0 Å². The molecule has 0 atom stereocenters. The predicted molar refractivity (Wildman–Crippen MR) is 48.5 cm³/mol. The van der Waals surface area contributed by atoms with Crippen molar-refractivity contribution in [3.05, 3.63) is 18.7 Å². The summed E-state index contributed by atoms with van der Waals surface area (Å²) in [6, 6.07) is 0. The zero-order valence-corrected chi connectivity index (χ0v) is 7.75. The Morgan fingerprint density at radius 2 is 1.91 bits per heavy atom. The molecule has 0 unspecified atom stereocenters. The first-order chi connectivity index (χ1) is 5.35. The third-order valence-electron chi connectivity index (χ3n) is 1.04. The van der Waals surface area contributed by atoms with E-state index in [-0.39, 0.29) is 0 Å². The van der Waals surface area contributed by atoms with Crippen molar-refractivity contribution in [2.45, 2.75) is 40.2 Å². The molecule has 64 valence electrons. The molecule has 0 saturated heterocycles. The second kappa shape index (κ2) is 7.32. The third kappa shape index (κ3) is 5.64. The lowest BCUT2D eigenvalue weighted by atomic mass is 10.5. The van der Waals surface area contributed by atoms with Crippen LogP contribution in [0.15, 0.2) is 18.7 Å². The highest BCUT2D eigenvalue weighted by molar-refractivity contribution is 4.73. The van der Waals surface area contributed by atoms with Gasteiger partial charge in [-0.3, -0.25) is 0 Å². The summed E-state index contributed by atoms with van der Waals surface area (Å²) in [4.78, 5) is 3.90. The molecule has 0 radical (unpaired) electrons. The third-order valence-corrected chi connectivity index (χ3v) is 1.04. The van der Waals surface area contributed by atoms with Gasteiger partial charge in [-0.2, -0.15) is 0 Å². The van der Waals surface area contributed by atoms with Gasteiger partial charge in [0.15, 0.2) is 0 Å². The smallest absolute Gasteiger partial charge is 0.0945 e. The number of hydrogen-bond donors (Lipinski definition) is 0. The fourth-order valence-electron chi connectivity index (χ4n) is 0.677. The van der Waals surface area contributed by atoms with Crippen LogP contribution in [0.25, 0.3) is 0 Å². The maximum absolute atomic E-state index is 3.90. The van der Waals surface area contributed by atoms with Crippen LogP contribution in [0.4, 0.5) is 0 Å². The summed E-state index contributed by atoms with van der Waals surface area (Å²) in [5.74, 6) is 0. The molecule has 0 spiro atoms. The van der Waals surface area contributed by atoms with E-state index < -0.39 is 0 Å². The first-order valence-electron chi connectivity index (χ1n) is 4.30. The Morgan fingerprint density at radius 3 is 2.27 bits per heavy atom.